The van der Waals surface area contributed by atoms with Gasteiger partial charge in [-0.3, -0.25) is 9.48 Å². The summed E-state index contributed by atoms with van der Waals surface area (Å²) in [5.41, 5.74) is 0.762. The third-order valence-electron chi connectivity index (χ3n) is 2.82. The summed E-state index contributed by atoms with van der Waals surface area (Å²) in [5.74, 6) is -0.137. The normalized spacial score (nSPS) is 11.6. The van der Waals surface area contributed by atoms with Crippen LogP contribution in [0.15, 0.2) is 6.07 Å². The summed E-state index contributed by atoms with van der Waals surface area (Å²) < 4.78 is 1.56. The molecule has 16 heavy (non-hydrogen) atoms. The molecule has 1 N–H and O–H groups in total. The number of aliphatic hydroxyl groups excluding tert-OH is 1. The number of carbonyl (C=O) groups excluding carboxylic acids is 1. The van der Waals surface area contributed by atoms with Gasteiger partial charge in [-0.1, -0.05) is 0 Å². The van der Waals surface area contributed by atoms with Crippen molar-refractivity contribution in [2.24, 2.45) is 7.05 Å². The van der Waals surface area contributed by atoms with Crippen LogP contribution in [0.2, 0.25) is 0 Å². The number of carbonyl (C=O) groups is 1. The first kappa shape index (κ1) is 12.7. The molecular weight excluding hydrogens is 206 g/mol. The minimum atomic E-state index is -0.574. The molecule has 0 aromatic carbocycles. The van der Waals surface area contributed by atoms with Gasteiger partial charge in [-0.2, -0.15) is 5.10 Å². The van der Waals surface area contributed by atoms with E-state index < -0.39 is 5.54 Å². The van der Waals surface area contributed by atoms with Crippen molar-refractivity contribution in [3.05, 3.63) is 17.5 Å². The average molecular weight is 225 g/mol. The van der Waals surface area contributed by atoms with E-state index in [9.17, 15) is 9.90 Å². The molecule has 0 spiro atoms. The number of aryl methyl sites for hydroxylation is 2. The molecule has 0 aliphatic heterocycles. The highest BCUT2D eigenvalue weighted by Gasteiger charge is 2.29. The number of aromatic nitrogens is 2. The second-order valence-corrected chi connectivity index (χ2v) is 4.63. The van der Waals surface area contributed by atoms with E-state index in [4.69, 9.17) is 0 Å². The summed E-state index contributed by atoms with van der Waals surface area (Å²) in [7, 11) is 3.42. The lowest BCUT2D eigenvalue weighted by Gasteiger charge is -2.33. The molecule has 0 bridgehead atoms. The monoisotopic (exact) mass is 225 g/mol. The van der Waals surface area contributed by atoms with E-state index in [0.717, 1.165) is 5.69 Å². The molecule has 0 saturated heterocycles. The van der Waals surface area contributed by atoms with Crippen molar-refractivity contribution in [2.45, 2.75) is 26.3 Å². The van der Waals surface area contributed by atoms with Gasteiger partial charge in [0.2, 0.25) is 0 Å². The Kier molecular flexibility index (Phi) is 3.38. The van der Waals surface area contributed by atoms with Crippen LogP contribution in [-0.4, -0.2) is 44.9 Å². The maximum absolute atomic E-state index is 12.1. The van der Waals surface area contributed by atoms with Gasteiger partial charge >= 0.3 is 0 Å². The molecule has 0 aliphatic carbocycles. The Morgan fingerprint density at radius 2 is 2.19 bits per heavy atom. The molecule has 0 unspecified atom stereocenters. The summed E-state index contributed by atoms with van der Waals surface area (Å²) >= 11 is 0. The highest BCUT2D eigenvalue weighted by molar-refractivity contribution is 5.93. The highest BCUT2D eigenvalue weighted by atomic mass is 16.3. The summed E-state index contributed by atoms with van der Waals surface area (Å²) in [5, 5.41) is 13.3. The minimum absolute atomic E-state index is 0.0773. The Morgan fingerprint density at radius 1 is 1.62 bits per heavy atom. The molecule has 90 valence electrons. The molecule has 0 aliphatic rings. The van der Waals surface area contributed by atoms with Crippen LogP contribution >= 0.6 is 0 Å². The van der Waals surface area contributed by atoms with E-state index in [1.807, 2.05) is 20.8 Å². The van der Waals surface area contributed by atoms with E-state index in [2.05, 4.69) is 5.10 Å². The van der Waals surface area contributed by atoms with Crippen LogP contribution in [-0.2, 0) is 7.05 Å². The molecule has 0 atom stereocenters. The first-order valence-electron chi connectivity index (χ1n) is 5.19. The Balaban J connectivity index is 2.99. The van der Waals surface area contributed by atoms with Crippen molar-refractivity contribution in [1.82, 2.24) is 14.7 Å². The second kappa shape index (κ2) is 4.25. The molecule has 1 aromatic heterocycles. The molecule has 0 fully saturated rings. The van der Waals surface area contributed by atoms with Gasteiger partial charge in [0.05, 0.1) is 17.8 Å². The summed E-state index contributed by atoms with van der Waals surface area (Å²) in [6.45, 7) is 5.39. The number of aliphatic hydroxyl groups is 1. The van der Waals surface area contributed by atoms with Crippen molar-refractivity contribution < 1.29 is 9.90 Å². The summed E-state index contributed by atoms with van der Waals surface area (Å²) in [4.78, 5) is 13.7. The van der Waals surface area contributed by atoms with E-state index in [-0.39, 0.29) is 12.5 Å². The van der Waals surface area contributed by atoms with Crippen molar-refractivity contribution in [3.8, 4) is 0 Å². The molecule has 5 nitrogen and oxygen atoms in total. The van der Waals surface area contributed by atoms with Gasteiger partial charge in [-0.25, -0.2) is 0 Å². The maximum atomic E-state index is 12.1. The predicted octanol–water partition coefficient (Wildman–Crippen LogP) is 0.571. The van der Waals surface area contributed by atoms with E-state index >= 15 is 0 Å². The van der Waals surface area contributed by atoms with Gasteiger partial charge in [0.25, 0.3) is 5.91 Å². The van der Waals surface area contributed by atoms with Gasteiger partial charge in [0.15, 0.2) is 0 Å². The average Bonchev–Trinajstić information content (AvgIpc) is 2.55. The number of hydrogen-bond donors (Lipinski definition) is 1. The molecule has 1 heterocycles. The van der Waals surface area contributed by atoms with Crippen LogP contribution in [0.25, 0.3) is 0 Å². The van der Waals surface area contributed by atoms with Crippen LogP contribution < -0.4 is 0 Å². The Hall–Kier alpha value is -1.36. The summed E-state index contributed by atoms with van der Waals surface area (Å²) in [6.07, 6.45) is 0. The fourth-order valence-corrected chi connectivity index (χ4v) is 1.36. The number of likely N-dealkylation sites (N-methyl/N-ethyl adjacent to an activating group) is 1. The molecule has 1 amide bonds. The van der Waals surface area contributed by atoms with Gasteiger partial charge < -0.3 is 10.0 Å². The number of amides is 1. The van der Waals surface area contributed by atoms with Gasteiger partial charge in [-0.05, 0) is 26.8 Å². The SMILES string of the molecule is Cc1cc(C(=O)N(C)C(C)(C)CO)n(C)n1. The standard InChI is InChI=1S/C11H19N3O2/c1-8-6-9(14(5)12-8)10(16)13(4)11(2,3)7-15/h6,15H,7H2,1-5H3. The quantitative estimate of drug-likeness (QED) is 0.818. The topological polar surface area (TPSA) is 58.4 Å². The predicted molar refractivity (Wildman–Crippen MR) is 61.2 cm³/mol. The van der Waals surface area contributed by atoms with Crippen LogP contribution in [0, 0.1) is 6.92 Å². The molecule has 1 aromatic rings. The van der Waals surface area contributed by atoms with Crippen LogP contribution in [0.1, 0.15) is 30.0 Å². The first-order chi connectivity index (χ1) is 7.29. The third-order valence-corrected chi connectivity index (χ3v) is 2.82. The molecular formula is C11H19N3O2. The molecule has 1 rings (SSSR count). The lowest BCUT2D eigenvalue weighted by Crippen LogP contribution is -2.48. The fourth-order valence-electron chi connectivity index (χ4n) is 1.36. The highest BCUT2D eigenvalue weighted by Crippen LogP contribution is 2.15. The van der Waals surface area contributed by atoms with Crippen LogP contribution in [0.5, 0.6) is 0 Å². The van der Waals surface area contributed by atoms with Crippen molar-refractivity contribution in [3.63, 3.8) is 0 Å². The van der Waals surface area contributed by atoms with Crippen molar-refractivity contribution in [2.75, 3.05) is 13.7 Å². The largest absolute Gasteiger partial charge is 0.394 e. The molecule has 5 heteroatoms. The third kappa shape index (κ3) is 2.24. The summed E-state index contributed by atoms with van der Waals surface area (Å²) in [6, 6.07) is 1.74. The zero-order valence-electron chi connectivity index (χ0n) is 10.5. The Morgan fingerprint density at radius 3 is 2.56 bits per heavy atom. The van der Waals surface area contributed by atoms with Gasteiger partial charge in [-0.15, -0.1) is 0 Å². The maximum Gasteiger partial charge on any atom is 0.272 e. The van der Waals surface area contributed by atoms with Crippen LogP contribution in [0.4, 0.5) is 0 Å². The van der Waals surface area contributed by atoms with Crippen LogP contribution in [0.3, 0.4) is 0 Å². The lowest BCUT2D eigenvalue weighted by molar-refractivity contribution is 0.0463. The minimum Gasteiger partial charge on any atom is -0.394 e. The zero-order valence-corrected chi connectivity index (χ0v) is 10.5. The number of rotatable bonds is 3. The fraction of sp³-hybridized carbons (Fsp3) is 0.636. The van der Waals surface area contributed by atoms with Gasteiger partial charge in [0.1, 0.15) is 5.69 Å². The lowest BCUT2D eigenvalue weighted by atomic mass is 10.0. The van der Waals surface area contributed by atoms with Gasteiger partial charge in [0, 0.05) is 14.1 Å². The smallest absolute Gasteiger partial charge is 0.272 e. The van der Waals surface area contributed by atoms with E-state index in [1.54, 1.807) is 24.8 Å². The zero-order chi connectivity index (χ0) is 12.5. The molecule has 0 saturated carbocycles. The van der Waals surface area contributed by atoms with E-state index in [0.29, 0.717) is 5.69 Å². The Bertz CT molecular complexity index is 396. The Labute approximate surface area is 95.7 Å². The van der Waals surface area contributed by atoms with Crippen molar-refractivity contribution >= 4 is 5.91 Å². The number of hydrogen-bond acceptors (Lipinski definition) is 3. The number of nitrogens with zero attached hydrogens (tertiary/aromatic N) is 3. The second-order valence-electron chi connectivity index (χ2n) is 4.63. The molecule has 0 radical (unpaired) electrons. The van der Waals surface area contributed by atoms with Crippen molar-refractivity contribution in [1.29, 1.82) is 0 Å². The first-order valence-corrected chi connectivity index (χ1v) is 5.19. The van der Waals surface area contributed by atoms with E-state index in [1.165, 1.54) is 4.90 Å².